The zero-order chi connectivity index (χ0) is 87.8. The van der Waals surface area contributed by atoms with Crippen molar-refractivity contribution in [3.8, 4) is 284 Å². The predicted molar refractivity (Wildman–Crippen MR) is 565 cm³/mol. The van der Waals surface area contributed by atoms with Crippen molar-refractivity contribution in [2.75, 3.05) is 13.2 Å². The Labute approximate surface area is 784 Å². The molecule has 18 nitrogen and oxygen atoms in total. The largest absolute Gasteiger partial charge is 0.394 e. The summed E-state index contributed by atoms with van der Waals surface area (Å²) in [6.45, 7) is 6.54. The summed E-state index contributed by atoms with van der Waals surface area (Å²) in [5.74, 6) is 117. The van der Waals surface area contributed by atoms with Crippen LogP contribution in [0.4, 0.5) is 0 Å². The lowest BCUT2D eigenvalue weighted by molar-refractivity contribution is -0.216. The van der Waals surface area contributed by atoms with Crippen molar-refractivity contribution < 1.29 is 149 Å². The number of rotatable bonds is 38. The van der Waals surface area contributed by atoms with Crippen LogP contribution >= 0.6 is 0 Å². The van der Waals surface area contributed by atoms with Crippen molar-refractivity contribution in [2.24, 2.45) is 0 Å². The SMILES string of the molecule is CC#CC#CC#CC#CC#CC#CC#CC#CC#CC#CC#CC#CC(=O)NC(/C=C\[C@H]1OC(CO)[C@H](O)[C@H](O)C1O)[C@H](O)[C@H](O)CCCCCCCCCCCCCC.CC#CC#CC#CC#CC#CC#CC#CC#CC#CC#CC#CC#CC(=O)N[C@@H](/C=C/[C@H]1OC(CO)[C@H](O)[C@H](O)C1O)[C@H](O)[C@H](O)CCCCCCCCCCCCCC.[HH].[HH].[HH].[HH].[HH].[HH].[HH].[HH].[HH].[HH].[HH].[HH].[HH].[HH].[HH].[HH].[HH].[HH].[HH].[HH].[HH].[HH].[HH].[HH].[HH].[HH].[HH].[HH].[HH].[HH].[HH].[HH].[HH].[HH].[HH].[HH].[HH].[HH].[HH].[HH].[HH].[HH].[HH].[HH].[HH].[HH].[HH].[HH]. The van der Waals surface area contributed by atoms with Crippen LogP contribution in [0.1, 0.15) is 263 Å². The number of amides is 2. The van der Waals surface area contributed by atoms with E-state index in [9.17, 15) is 70.9 Å². The second-order valence-electron chi connectivity index (χ2n) is 26.1. The van der Waals surface area contributed by atoms with Crippen LogP contribution in [0.5, 0.6) is 0 Å². The van der Waals surface area contributed by atoms with Crippen molar-refractivity contribution in [3.63, 3.8) is 0 Å². The molecule has 16 atom stereocenters. The third-order valence-corrected chi connectivity index (χ3v) is 16.9. The summed E-state index contributed by atoms with van der Waals surface area (Å²) in [5.41, 5.74) is 0. The first kappa shape index (κ1) is 105. The number of carbonyl (C=O) groups excluding carboxylic acids is 2. The molecule has 2 heterocycles. The molecule has 120 heavy (non-hydrogen) atoms. The van der Waals surface area contributed by atoms with E-state index in [0.29, 0.717) is 12.8 Å². The van der Waals surface area contributed by atoms with Gasteiger partial charge < -0.3 is 81.4 Å². The first-order valence-corrected chi connectivity index (χ1v) is 39.7. The van der Waals surface area contributed by atoms with Gasteiger partial charge >= 0.3 is 0 Å². The summed E-state index contributed by atoms with van der Waals surface area (Å²) in [7, 11) is 0. The van der Waals surface area contributed by atoms with Crippen LogP contribution in [-0.2, 0) is 19.1 Å². The van der Waals surface area contributed by atoms with Crippen LogP contribution < -0.4 is 10.6 Å². The van der Waals surface area contributed by atoms with Crippen LogP contribution in [0.15, 0.2) is 24.3 Å². The van der Waals surface area contributed by atoms with E-state index in [0.717, 1.165) is 38.5 Å². The number of unbranched alkanes of at least 4 members (excludes halogenated alkanes) is 22. The van der Waals surface area contributed by atoms with Gasteiger partial charge in [0.15, 0.2) is 0 Å². The molecular weight excluding hydrogens is 1510 g/mol. The maximum absolute atomic E-state index is 12.7. The molecular formula is C102H198N2O16. The molecule has 0 aliphatic carbocycles. The molecule has 5 unspecified atom stereocenters. The standard InChI is InChI=1S/2C51H51NO8.48H2/c2*1-3-5-7-9-11-13-15-17-18-19-20-21-22-23-24-25-26-27-29-31-33-35-37-39-47(55)52-43(40-41-45-49(57)51(59)50(58)46(42-53)60-45)48(56)44(54)38-36-34-32-30-28-16-14-12-10-8-6-4-2;;;;;;;;;;;;;;;;;;;;;;;;;;;;;;;;;;;;;;;;;;;;;;;;/h2*40-41,43-46,48-51,53-54,56-59H,4,6,8,10,12,14,16,28,30,32,34,36,38,42H2,1-2H3,(H,52,55);48*1H/b41-40+;41-40-;;;;;;;;;;;;;;;;;;;;;;;;;;;;;;;;;;;;;;;;;;;;;;;;/t43-,44+,45+,46?,48-,49?,50-,51+;43?,44-,45-,46?,48+,49?,50+,51-;;;;;;;;;;;;;;;;;;;;;;;;;;;;;;;;;;;;;;;;;;;;;;;;/m01................................................/s1. The number of ether oxygens (including phenoxy) is 2. The number of nitrogens with one attached hydrogen (secondary N) is 2. The number of hydrogen-bond donors (Lipinski definition) is 14. The number of aliphatic hydroxyl groups is 12. The summed E-state index contributed by atoms with van der Waals surface area (Å²) in [5, 5.41) is 129. The molecule has 2 saturated heterocycles. The van der Waals surface area contributed by atoms with Crippen LogP contribution in [0.2, 0.25) is 0 Å². The van der Waals surface area contributed by atoms with Gasteiger partial charge in [0.25, 0.3) is 11.8 Å². The Morgan fingerprint density at radius 1 is 0.300 bits per heavy atom. The lowest BCUT2D eigenvalue weighted by Crippen LogP contribution is -2.58. The highest BCUT2D eigenvalue weighted by Gasteiger charge is 2.44. The zero-order valence-corrected chi connectivity index (χ0v) is 68.3. The third kappa shape index (κ3) is 55.8. The third-order valence-electron chi connectivity index (χ3n) is 16.9. The Balaban J connectivity index is -0.0000000290. The summed E-state index contributed by atoms with van der Waals surface area (Å²) in [6, 6.07) is -2.38. The van der Waals surface area contributed by atoms with Crippen molar-refractivity contribution >= 4 is 11.8 Å². The average Bonchev–Trinajstić information content (AvgIpc) is 0.819. The van der Waals surface area contributed by atoms with E-state index in [1.165, 1.54) is 127 Å². The Morgan fingerprint density at radius 2 is 0.500 bits per heavy atom. The molecule has 0 saturated carbocycles. The summed E-state index contributed by atoms with van der Waals surface area (Å²) >= 11 is 0. The van der Waals surface area contributed by atoms with Gasteiger partial charge in [-0.15, -0.1) is 0 Å². The van der Waals surface area contributed by atoms with E-state index in [-0.39, 0.29) is 81.3 Å². The number of aliphatic hydroxyl groups excluding tert-OH is 12. The molecule has 0 aromatic carbocycles. The van der Waals surface area contributed by atoms with E-state index in [1.807, 2.05) is 0 Å². The minimum absolute atomic E-state index is 0. The van der Waals surface area contributed by atoms with Gasteiger partial charge in [-0.25, -0.2) is 0 Å². The molecule has 0 radical (unpaired) electrons. The average molecular weight is 1710 g/mol. The van der Waals surface area contributed by atoms with Gasteiger partial charge in [-0.3, -0.25) is 9.59 Å². The van der Waals surface area contributed by atoms with Gasteiger partial charge in [-0.1, -0.05) is 204 Å². The minimum Gasteiger partial charge on any atom is -0.394 e. The Hall–Kier alpha value is -12.7. The van der Waals surface area contributed by atoms with E-state index >= 15 is 0 Å². The topological polar surface area (TPSA) is 319 Å². The van der Waals surface area contributed by atoms with E-state index in [4.69, 9.17) is 9.47 Å². The zero-order valence-electron chi connectivity index (χ0n) is 68.3. The number of hydrogen-bond acceptors (Lipinski definition) is 16. The van der Waals surface area contributed by atoms with Crippen molar-refractivity contribution in [1.29, 1.82) is 0 Å². The summed E-state index contributed by atoms with van der Waals surface area (Å²) in [4.78, 5) is 25.4. The fraction of sp³-hybridized carbons (Fsp3) is 0.471. The fourth-order valence-corrected chi connectivity index (χ4v) is 10.7. The number of carbonyl (C=O) groups is 2. The van der Waals surface area contributed by atoms with Gasteiger partial charge in [-0.2, -0.15) is 0 Å². The smallest absolute Gasteiger partial charge is 0.297 e. The lowest BCUT2D eigenvalue weighted by Gasteiger charge is -2.39. The molecule has 0 bridgehead atoms. The molecule has 712 valence electrons. The highest BCUT2D eigenvalue weighted by molar-refractivity contribution is 5.95. The van der Waals surface area contributed by atoms with Crippen LogP contribution in [0.25, 0.3) is 0 Å². The molecule has 18 heteroatoms. The van der Waals surface area contributed by atoms with Gasteiger partial charge in [0.2, 0.25) is 0 Å². The lowest BCUT2D eigenvalue weighted by atomic mass is 9.93. The Morgan fingerprint density at radius 3 is 0.708 bits per heavy atom. The predicted octanol–water partition coefficient (Wildman–Crippen LogP) is 15.3. The summed E-state index contributed by atoms with van der Waals surface area (Å²) < 4.78 is 11.0. The fourth-order valence-electron chi connectivity index (χ4n) is 10.7. The van der Waals surface area contributed by atoms with Crippen LogP contribution in [0.3, 0.4) is 0 Å². The maximum Gasteiger partial charge on any atom is 0.297 e. The van der Waals surface area contributed by atoms with E-state index in [2.05, 4.69) is 309 Å². The second kappa shape index (κ2) is 75.1. The maximum atomic E-state index is 12.7. The molecule has 2 aliphatic rings. The molecule has 2 amide bonds. The molecule has 2 fully saturated rings. The monoisotopic (exact) mass is 1710 g/mol. The van der Waals surface area contributed by atoms with E-state index < -0.39 is 123 Å². The van der Waals surface area contributed by atoms with Crippen LogP contribution in [-0.4, -0.2) is 184 Å². The molecule has 2 rings (SSSR count). The van der Waals surface area contributed by atoms with Crippen molar-refractivity contribution in [1.82, 2.24) is 10.6 Å². The summed E-state index contributed by atoms with van der Waals surface area (Å²) in [6.07, 6.45) is 13.7. The van der Waals surface area contributed by atoms with Gasteiger partial charge in [0.1, 0.15) is 73.2 Å². The Bertz CT molecular complexity index is 4830. The highest BCUT2D eigenvalue weighted by atomic mass is 16.6. The molecule has 0 spiro atoms. The quantitative estimate of drug-likeness (QED) is 0.0155. The minimum atomic E-state index is -1.62. The van der Waals surface area contributed by atoms with Gasteiger partial charge in [0, 0.05) is 151 Å². The molecule has 0 aromatic heterocycles. The van der Waals surface area contributed by atoms with E-state index in [1.54, 1.807) is 13.8 Å². The van der Waals surface area contributed by atoms with Crippen molar-refractivity contribution in [3.05, 3.63) is 24.3 Å². The normalized spacial score (nSPS) is 17.9. The molecule has 0 aromatic rings. The Kier molecular flexibility index (Phi) is 65.9. The van der Waals surface area contributed by atoms with Crippen molar-refractivity contribution in [2.45, 2.75) is 292 Å². The van der Waals surface area contributed by atoms with Gasteiger partial charge in [-0.05, 0) is 216 Å². The van der Waals surface area contributed by atoms with Gasteiger partial charge in [0.05, 0.1) is 37.5 Å². The first-order valence-electron chi connectivity index (χ1n) is 39.7. The first-order chi connectivity index (χ1) is 58.5. The highest BCUT2D eigenvalue weighted by Crippen LogP contribution is 2.25. The molecule has 14 N–H and O–H groups in total. The molecule has 2 aliphatic heterocycles. The second-order valence-corrected chi connectivity index (χ2v) is 26.1. The van der Waals surface area contributed by atoms with Crippen LogP contribution in [0, 0.1) is 284 Å².